The van der Waals surface area contributed by atoms with E-state index in [4.69, 9.17) is 10.4 Å². The molecule has 0 aliphatic heterocycles. The van der Waals surface area contributed by atoms with Crippen molar-refractivity contribution in [3.05, 3.63) is 24.3 Å². The Hall–Kier alpha value is -2.44. The summed E-state index contributed by atoms with van der Waals surface area (Å²) in [5.74, 6) is -1.80. The molecule has 1 unspecified atom stereocenters. The number of anilines is 1. The van der Waals surface area contributed by atoms with Crippen molar-refractivity contribution in [3.8, 4) is 6.07 Å². The molecule has 0 aliphatic rings. The van der Waals surface area contributed by atoms with Crippen molar-refractivity contribution in [1.82, 2.24) is 4.72 Å². The molecule has 112 valence electrons. The number of carboxylic acid groups (broad SMARTS) is 1. The van der Waals surface area contributed by atoms with E-state index >= 15 is 0 Å². The second kappa shape index (κ2) is 6.83. The molecule has 3 N–H and O–H groups in total. The maximum Gasteiger partial charge on any atom is 0.321 e. The highest BCUT2D eigenvalue weighted by Gasteiger charge is 2.21. The maximum absolute atomic E-state index is 11.9. The number of carbonyl (C=O) groups excluding carboxylic acids is 1. The van der Waals surface area contributed by atoms with Crippen LogP contribution in [0.3, 0.4) is 0 Å². The number of nitrogens with zero attached hydrogens (tertiary/aromatic N) is 1. The molecule has 0 fully saturated rings. The van der Waals surface area contributed by atoms with Crippen LogP contribution in [-0.2, 0) is 19.6 Å². The largest absolute Gasteiger partial charge is 0.480 e. The molecule has 21 heavy (non-hydrogen) atoms. The van der Waals surface area contributed by atoms with Crippen LogP contribution in [0.1, 0.15) is 13.3 Å². The minimum absolute atomic E-state index is 0.131. The van der Waals surface area contributed by atoms with Gasteiger partial charge >= 0.3 is 5.97 Å². The van der Waals surface area contributed by atoms with Crippen LogP contribution < -0.4 is 10.0 Å². The molecule has 0 aliphatic carbocycles. The SMILES string of the molecule is CC(NS(=O)(=O)c1ccc(NC(=O)CC#N)cc1)C(=O)O. The van der Waals surface area contributed by atoms with Crippen molar-refractivity contribution in [3.63, 3.8) is 0 Å². The summed E-state index contributed by atoms with van der Waals surface area (Å²) in [5, 5.41) is 19.4. The fourth-order valence-corrected chi connectivity index (χ4v) is 2.54. The molecule has 0 saturated heterocycles. The van der Waals surface area contributed by atoms with Gasteiger partial charge in [-0.2, -0.15) is 9.98 Å². The minimum atomic E-state index is -3.96. The van der Waals surface area contributed by atoms with Crippen LogP contribution in [0.2, 0.25) is 0 Å². The van der Waals surface area contributed by atoms with Crippen molar-refractivity contribution in [2.75, 3.05) is 5.32 Å². The monoisotopic (exact) mass is 311 g/mol. The van der Waals surface area contributed by atoms with Crippen molar-refractivity contribution in [2.45, 2.75) is 24.3 Å². The second-order valence-corrected chi connectivity index (χ2v) is 5.80. The first kappa shape index (κ1) is 16.6. The third-order valence-electron chi connectivity index (χ3n) is 2.39. The Morgan fingerprint density at radius 2 is 1.90 bits per heavy atom. The number of carbonyl (C=O) groups is 2. The summed E-state index contributed by atoms with van der Waals surface area (Å²) in [5.41, 5.74) is 0.334. The van der Waals surface area contributed by atoms with E-state index in [1.165, 1.54) is 31.2 Å². The van der Waals surface area contributed by atoms with E-state index in [0.29, 0.717) is 5.69 Å². The number of nitriles is 1. The second-order valence-electron chi connectivity index (χ2n) is 4.09. The molecule has 1 aromatic carbocycles. The number of amides is 1. The van der Waals surface area contributed by atoms with Crippen LogP contribution in [0.5, 0.6) is 0 Å². The van der Waals surface area contributed by atoms with Crippen molar-refractivity contribution in [1.29, 1.82) is 5.26 Å². The van der Waals surface area contributed by atoms with Gasteiger partial charge in [0.1, 0.15) is 12.5 Å². The van der Waals surface area contributed by atoms with Gasteiger partial charge in [0.15, 0.2) is 0 Å². The molecule has 0 radical (unpaired) electrons. The highest BCUT2D eigenvalue weighted by molar-refractivity contribution is 7.89. The van der Waals surface area contributed by atoms with Crippen molar-refractivity contribution >= 4 is 27.6 Å². The third kappa shape index (κ3) is 4.87. The van der Waals surface area contributed by atoms with Crippen LogP contribution in [-0.4, -0.2) is 31.4 Å². The van der Waals surface area contributed by atoms with Gasteiger partial charge < -0.3 is 10.4 Å². The van der Waals surface area contributed by atoms with Gasteiger partial charge in [-0.3, -0.25) is 9.59 Å². The predicted molar refractivity (Wildman–Crippen MR) is 72.7 cm³/mol. The number of sulfonamides is 1. The Kier molecular flexibility index (Phi) is 5.40. The van der Waals surface area contributed by atoms with Gasteiger partial charge in [-0.15, -0.1) is 0 Å². The van der Waals surface area contributed by atoms with E-state index in [2.05, 4.69) is 5.32 Å². The van der Waals surface area contributed by atoms with E-state index in [1.807, 2.05) is 4.72 Å². The fourth-order valence-electron chi connectivity index (χ4n) is 1.35. The first-order valence-corrected chi connectivity index (χ1v) is 7.26. The van der Waals surface area contributed by atoms with Crippen molar-refractivity contribution < 1.29 is 23.1 Å². The smallest absolute Gasteiger partial charge is 0.321 e. The number of rotatable bonds is 6. The Bertz CT molecular complexity index is 676. The lowest BCUT2D eigenvalue weighted by Gasteiger charge is -2.10. The number of hydrogen-bond donors (Lipinski definition) is 3. The average molecular weight is 311 g/mol. The molecule has 8 nitrogen and oxygen atoms in total. The Balaban J connectivity index is 2.84. The van der Waals surface area contributed by atoms with E-state index < -0.39 is 27.9 Å². The van der Waals surface area contributed by atoms with Crippen LogP contribution in [0.15, 0.2) is 29.2 Å². The fraction of sp³-hybridized carbons (Fsp3) is 0.250. The Morgan fingerprint density at radius 1 is 1.33 bits per heavy atom. The average Bonchev–Trinajstić information content (AvgIpc) is 2.38. The highest BCUT2D eigenvalue weighted by Crippen LogP contribution is 2.14. The molecular weight excluding hydrogens is 298 g/mol. The van der Waals surface area contributed by atoms with Gasteiger partial charge in [0.25, 0.3) is 0 Å². The van der Waals surface area contributed by atoms with Crippen LogP contribution in [0.4, 0.5) is 5.69 Å². The molecule has 1 rings (SSSR count). The number of aliphatic carboxylic acids is 1. The number of benzene rings is 1. The summed E-state index contributed by atoms with van der Waals surface area (Å²) >= 11 is 0. The van der Waals surface area contributed by atoms with Crippen molar-refractivity contribution in [2.24, 2.45) is 0 Å². The summed E-state index contributed by atoms with van der Waals surface area (Å²) in [6, 6.07) is 5.55. The first-order chi connectivity index (χ1) is 9.76. The Morgan fingerprint density at radius 3 is 2.38 bits per heavy atom. The molecule has 1 aromatic rings. The van der Waals surface area contributed by atoms with E-state index in [0.717, 1.165) is 0 Å². The van der Waals surface area contributed by atoms with Crippen LogP contribution >= 0.6 is 0 Å². The lowest BCUT2D eigenvalue weighted by molar-refractivity contribution is -0.138. The zero-order chi connectivity index (χ0) is 16.0. The van der Waals surface area contributed by atoms with Gasteiger partial charge in [0, 0.05) is 5.69 Å². The molecule has 0 spiro atoms. The van der Waals surface area contributed by atoms with Gasteiger partial charge in [0.2, 0.25) is 15.9 Å². The molecule has 0 heterocycles. The van der Waals surface area contributed by atoms with Gasteiger partial charge in [-0.1, -0.05) is 0 Å². The molecule has 1 amide bonds. The standard InChI is InChI=1S/C12H13N3O5S/c1-8(12(17)18)15-21(19,20)10-4-2-9(3-5-10)14-11(16)6-7-13/h2-5,8,15H,6H2,1H3,(H,14,16)(H,17,18). The topological polar surface area (TPSA) is 136 Å². The summed E-state index contributed by atoms with van der Waals surface area (Å²) in [4.78, 5) is 21.7. The lowest BCUT2D eigenvalue weighted by Crippen LogP contribution is -2.38. The van der Waals surface area contributed by atoms with Gasteiger partial charge in [-0.05, 0) is 31.2 Å². The molecule has 0 aromatic heterocycles. The summed E-state index contributed by atoms with van der Waals surface area (Å²) in [6.45, 7) is 1.20. The van der Waals surface area contributed by atoms with Gasteiger partial charge in [0.05, 0.1) is 11.0 Å². The highest BCUT2D eigenvalue weighted by atomic mass is 32.2. The third-order valence-corrected chi connectivity index (χ3v) is 3.95. The molecule has 9 heteroatoms. The minimum Gasteiger partial charge on any atom is -0.480 e. The van der Waals surface area contributed by atoms with E-state index in [9.17, 15) is 18.0 Å². The molecule has 1 atom stereocenters. The quantitative estimate of drug-likeness (QED) is 0.690. The molecule has 0 bridgehead atoms. The normalized spacial score (nSPS) is 12.2. The predicted octanol–water partition coefficient (Wildman–Crippen LogP) is 0.290. The zero-order valence-corrected chi connectivity index (χ0v) is 11.8. The number of carboxylic acids is 1. The summed E-state index contributed by atoms with van der Waals surface area (Å²) < 4.78 is 25.8. The number of nitrogens with one attached hydrogen (secondary N) is 2. The Labute approximate surface area is 121 Å². The molecular formula is C12H13N3O5S. The van der Waals surface area contributed by atoms with Crippen LogP contribution in [0, 0.1) is 11.3 Å². The van der Waals surface area contributed by atoms with Gasteiger partial charge in [-0.25, -0.2) is 8.42 Å². The van der Waals surface area contributed by atoms with Crippen LogP contribution in [0.25, 0.3) is 0 Å². The first-order valence-electron chi connectivity index (χ1n) is 5.78. The lowest BCUT2D eigenvalue weighted by atomic mass is 10.3. The maximum atomic E-state index is 11.9. The zero-order valence-electron chi connectivity index (χ0n) is 11.0. The van der Waals surface area contributed by atoms with E-state index in [-0.39, 0.29) is 11.3 Å². The summed E-state index contributed by atoms with van der Waals surface area (Å²) in [6.07, 6.45) is -0.308. The number of hydrogen-bond acceptors (Lipinski definition) is 5. The molecule has 0 saturated carbocycles. The summed E-state index contributed by atoms with van der Waals surface area (Å²) in [7, 11) is -3.96. The van der Waals surface area contributed by atoms with E-state index in [1.54, 1.807) is 6.07 Å².